The van der Waals surface area contributed by atoms with E-state index in [0.29, 0.717) is 5.56 Å². The first-order valence-electron chi connectivity index (χ1n) is 6.68. The molecule has 8 nitrogen and oxygen atoms in total. The normalized spacial score (nSPS) is 13.3. The number of alkyl halides is 3. The maximum Gasteiger partial charge on any atom is 0.573 e. The molecule has 0 aliphatic carbocycles. The Kier molecular flexibility index (Phi) is 7.41. The third-order valence-corrected chi connectivity index (χ3v) is 2.67. The zero-order valence-electron chi connectivity index (χ0n) is 12.9. The molecule has 0 spiro atoms. The Morgan fingerprint density at radius 2 is 1.96 bits per heavy atom. The minimum atomic E-state index is -4.75. The number of nitro groups is 1. The van der Waals surface area contributed by atoms with Gasteiger partial charge in [0.2, 0.25) is 6.21 Å². The fourth-order valence-corrected chi connectivity index (χ4v) is 1.69. The number of halogens is 3. The fraction of sp³-hybridized carbons (Fsp3) is 0.214. The highest BCUT2D eigenvalue weighted by Crippen LogP contribution is 2.22. The maximum absolute atomic E-state index is 12.1. The van der Waals surface area contributed by atoms with E-state index in [9.17, 15) is 23.3 Å². The number of ether oxygens (including phenoxy) is 1. The van der Waals surface area contributed by atoms with Gasteiger partial charge in [-0.15, -0.1) is 13.2 Å². The van der Waals surface area contributed by atoms with Crippen LogP contribution < -0.4 is 15.2 Å². The van der Waals surface area contributed by atoms with Crippen LogP contribution in [0, 0.1) is 10.1 Å². The van der Waals surface area contributed by atoms with Gasteiger partial charge in [0.15, 0.2) is 12.0 Å². The van der Waals surface area contributed by atoms with Crippen molar-refractivity contribution < 1.29 is 37.9 Å². The first kappa shape index (κ1) is 20.0. The summed E-state index contributed by atoms with van der Waals surface area (Å²) in [5.74, 6) is -0.344. The van der Waals surface area contributed by atoms with Gasteiger partial charge in [-0.1, -0.05) is 12.1 Å². The van der Waals surface area contributed by atoms with E-state index in [1.54, 1.807) is 0 Å². The highest BCUT2D eigenvalue weighted by Gasteiger charge is 2.31. The molecule has 136 valence electrons. The Morgan fingerprint density at radius 3 is 2.52 bits per heavy atom. The van der Waals surface area contributed by atoms with Crippen molar-refractivity contribution in [3.05, 3.63) is 63.7 Å². The van der Waals surface area contributed by atoms with Crippen LogP contribution >= 0.6 is 0 Å². The second-order valence-corrected chi connectivity index (χ2v) is 4.29. The van der Waals surface area contributed by atoms with Gasteiger partial charge in [0.25, 0.3) is 0 Å². The SMILES string of the molecule is CO.O=[N+]([O-])C1=CC=[NH+]OC=C1NCc1ccc(OC(F)(F)F)cc1. The van der Waals surface area contributed by atoms with E-state index >= 15 is 0 Å². The van der Waals surface area contributed by atoms with E-state index in [2.05, 4.69) is 15.2 Å². The van der Waals surface area contributed by atoms with Crippen molar-refractivity contribution in [3.63, 3.8) is 0 Å². The van der Waals surface area contributed by atoms with Gasteiger partial charge in [-0.3, -0.25) is 10.1 Å². The third kappa shape index (κ3) is 6.91. The van der Waals surface area contributed by atoms with Crippen molar-refractivity contribution >= 4 is 6.21 Å². The fourth-order valence-electron chi connectivity index (χ4n) is 1.69. The third-order valence-electron chi connectivity index (χ3n) is 2.67. The van der Waals surface area contributed by atoms with Gasteiger partial charge in [0, 0.05) is 13.7 Å². The quantitative estimate of drug-likeness (QED) is 0.516. The minimum absolute atomic E-state index is 0.117. The molecule has 0 atom stereocenters. The molecule has 1 aliphatic heterocycles. The molecule has 1 aromatic rings. The number of nitrogens with zero attached hydrogens (tertiary/aromatic N) is 1. The number of aliphatic hydroxyl groups is 1. The average molecular weight is 362 g/mol. The number of aliphatic hydroxyl groups excluding tert-OH is 1. The van der Waals surface area contributed by atoms with Crippen molar-refractivity contribution in [2.75, 3.05) is 7.11 Å². The van der Waals surface area contributed by atoms with Gasteiger partial charge in [-0.2, -0.15) is 0 Å². The average Bonchev–Trinajstić information content (AvgIpc) is 2.80. The monoisotopic (exact) mass is 362 g/mol. The van der Waals surface area contributed by atoms with Crippen molar-refractivity contribution in [2.45, 2.75) is 12.9 Å². The van der Waals surface area contributed by atoms with Crippen LogP contribution in [0.5, 0.6) is 5.75 Å². The number of hydrogen-bond acceptors (Lipinski definition) is 6. The van der Waals surface area contributed by atoms with Gasteiger partial charge < -0.3 is 15.2 Å². The summed E-state index contributed by atoms with van der Waals surface area (Å²) in [6.07, 6.45) is -1.16. The number of allylic oxidation sites excluding steroid dienone is 1. The summed E-state index contributed by atoms with van der Waals surface area (Å²) in [4.78, 5) is 15.2. The van der Waals surface area contributed by atoms with Crippen LogP contribution in [-0.2, 0) is 11.4 Å². The van der Waals surface area contributed by atoms with Gasteiger partial charge in [0.1, 0.15) is 5.75 Å². The summed E-state index contributed by atoms with van der Waals surface area (Å²) in [5, 5.41) is 23.1. The van der Waals surface area contributed by atoms with Crippen molar-refractivity contribution in [1.29, 1.82) is 0 Å². The lowest BCUT2D eigenvalue weighted by Crippen LogP contribution is -2.65. The smallest absolute Gasteiger partial charge is 0.406 e. The van der Waals surface area contributed by atoms with Gasteiger partial charge >= 0.3 is 12.1 Å². The molecule has 0 aromatic heterocycles. The summed E-state index contributed by atoms with van der Waals surface area (Å²) in [5.41, 5.74) is 0.503. The predicted octanol–water partition coefficient (Wildman–Crippen LogP) is 0.382. The van der Waals surface area contributed by atoms with Crippen molar-refractivity contribution in [1.82, 2.24) is 5.32 Å². The highest BCUT2D eigenvalue weighted by atomic mass is 19.4. The highest BCUT2D eigenvalue weighted by molar-refractivity contribution is 5.67. The Morgan fingerprint density at radius 1 is 1.32 bits per heavy atom. The first-order valence-corrected chi connectivity index (χ1v) is 6.68. The lowest BCUT2D eigenvalue weighted by atomic mass is 10.2. The topological polar surface area (TPSA) is 108 Å². The summed E-state index contributed by atoms with van der Waals surface area (Å²) < 4.78 is 39.9. The second-order valence-electron chi connectivity index (χ2n) is 4.29. The zero-order chi connectivity index (χ0) is 18.9. The molecule has 0 saturated carbocycles. The molecule has 0 radical (unpaired) electrons. The van der Waals surface area contributed by atoms with E-state index in [4.69, 9.17) is 9.94 Å². The zero-order valence-corrected chi connectivity index (χ0v) is 12.9. The van der Waals surface area contributed by atoms with Crippen LogP contribution in [0.25, 0.3) is 0 Å². The van der Waals surface area contributed by atoms with Gasteiger partial charge in [0.05, 0.1) is 11.0 Å². The molecule has 0 fully saturated rings. The van der Waals surface area contributed by atoms with Crippen LogP contribution in [0.4, 0.5) is 13.2 Å². The number of benzene rings is 1. The molecule has 11 heteroatoms. The number of hydrogen-bond donors (Lipinski definition) is 3. The molecule has 25 heavy (non-hydrogen) atoms. The first-order chi connectivity index (χ1) is 11.8. The van der Waals surface area contributed by atoms with Gasteiger partial charge in [-0.05, 0) is 22.9 Å². The van der Waals surface area contributed by atoms with Crippen molar-refractivity contribution in [2.24, 2.45) is 0 Å². The second kappa shape index (κ2) is 9.27. The van der Waals surface area contributed by atoms with E-state index in [1.807, 2.05) is 0 Å². The summed E-state index contributed by atoms with van der Waals surface area (Å²) >= 11 is 0. The molecule has 1 aliphatic rings. The van der Waals surface area contributed by atoms with Crippen LogP contribution in [0.3, 0.4) is 0 Å². The van der Waals surface area contributed by atoms with E-state index in [0.717, 1.165) is 25.5 Å². The number of nitrogens with one attached hydrogen (secondary N) is 2. The summed E-state index contributed by atoms with van der Waals surface area (Å²) in [7, 11) is 1.00. The standard InChI is InChI=1S/C13H10F3N3O4.CH4O/c14-13(15,16)23-10-3-1-9(2-4-10)7-17-11-8-22-18-6-5-12(11)19(20)21;1-2/h1-6,8,17H,7H2;2H,1H3/p+1. The van der Waals surface area contributed by atoms with Crippen LogP contribution in [-0.4, -0.2) is 29.7 Å². The molecule has 2 rings (SSSR count). The molecule has 0 unspecified atom stereocenters. The minimum Gasteiger partial charge on any atom is -0.406 e. The Hall–Kier alpha value is -3.08. The molecular weight excluding hydrogens is 347 g/mol. The molecule has 0 saturated heterocycles. The van der Waals surface area contributed by atoms with Gasteiger partial charge in [-0.25, -0.2) is 4.84 Å². The Bertz CT molecular complexity index is 669. The summed E-state index contributed by atoms with van der Waals surface area (Å²) in [6, 6.07) is 5.13. The lowest BCUT2D eigenvalue weighted by Gasteiger charge is -2.10. The lowest BCUT2D eigenvalue weighted by molar-refractivity contribution is -0.728. The molecule has 1 aromatic carbocycles. The summed E-state index contributed by atoms with van der Waals surface area (Å²) in [6.45, 7) is 0.146. The largest absolute Gasteiger partial charge is 0.573 e. The van der Waals surface area contributed by atoms with Crippen LogP contribution in [0.15, 0.2) is 48.0 Å². The van der Waals surface area contributed by atoms with Crippen LogP contribution in [0.1, 0.15) is 5.56 Å². The molecule has 0 amide bonds. The Balaban J connectivity index is 0.00000151. The molecule has 1 heterocycles. The molecular formula is C14H15F3N3O5+. The van der Waals surface area contributed by atoms with Crippen LogP contribution in [0.2, 0.25) is 0 Å². The van der Waals surface area contributed by atoms with E-state index < -0.39 is 11.3 Å². The van der Waals surface area contributed by atoms with E-state index in [1.165, 1.54) is 24.4 Å². The maximum atomic E-state index is 12.1. The molecule has 0 bridgehead atoms. The Labute approximate surface area is 140 Å². The predicted molar refractivity (Wildman–Crippen MR) is 79.4 cm³/mol. The number of rotatable bonds is 5. The van der Waals surface area contributed by atoms with E-state index in [-0.39, 0.29) is 23.7 Å². The van der Waals surface area contributed by atoms with Crippen molar-refractivity contribution in [3.8, 4) is 5.75 Å². The molecule has 3 N–H and O–H groups in total.